The summed E-state index contributed by atoms with van der Waals surface area (Å²) in [6, 6.07) is 8.35. The van der Waals surface area contributed by atoms with E-state index in [2.05, 4.69) is 32.5 Å². The molecule has 0 aliphatic heterocycles. The van der Waals surface area contributed by atoms with Crippen molar-refractivity contribution in [3.05, 3.63) is 54.3 Å². The first-order valence-electron chi connectivity index (χ1n) is 12.6. The van der Waals surface area contributed by atoms with Gasteiger partial charge in [0.25, 0.3) is 0 Å². The van der Waals surface area contributed by atoms with Crippen molar-refractivity contribution >= 4 is 40.3 Å². The molecule has 2 aliphatic carbocycles. The molecule has 9 heteroatoms. The number of para-hydroxylation sites is 1. The molecule has 0 bridgehead atoms. The lowest BCUT2D eigenvalue weighted by molar-refractivity contribution is -0.126. The molecule has 4 atom stereocenters. The Morgan fingerprint density at radius 3 is 2.72 bits per heavy atom. The quantitative estimate of drug-likeness (QED) is 0.350. The van der Waals surface area contributed by atoms with Crippen molar-refractivity contribution in [1.82, 2.24) is 25.6 Å². The molecule has 0 radical (unpaired) electrons. The van der Waals surface area contributed by atoms with Gasteiger partial charge in [-0.15, -0.1) is 0 Å². The number of rotatable bonds is 7. The van der Waals surface area contributed by atoms with Gasteiger partial charge in [-0.2, -0.15) is 0 Å². The molecule has 1 aromatic carbocycles. The maximum Gasteiger partial charge on any atom is 0.243 e. The van der Waals surface area contributed by atoms with Crippen LogP contribution in [0.25, 0.3) is 22.2 Å². The Labute approximate surface area is 215 Å². The van der Waals surface area contributed by atoms with E-state index in [4.69, 9.17) is 16.6 Å². The van der Waals surface area contributed by atoms with Crippen LogP contribution in [-0.2, 0) is 9.59 Å². The summed E-state index contributed by atoms with van der Waals surface area (Å²) < 4.78 is 0. The number of nitrogens with one attached hydrogen (secondary N) is 4. The Morgan fingerprint density at radius 2 is 1.86 bits per heavy atom. The molecule has 2 fully saturated rings. The van der Waals surface area contributed by atoms with Crippen LogP contribution in [-0.4, -0.2) is 44.9 Å². The molecule has 4 N–H and O–H groups in total. The van der Waals surface area contributed by atoms with E-state index in [-0.39, 0.29) is 35.9 Å². The first-order valence-corrected chi connectivity index (χ1v) is 13.0. The average Bonchev–Trinajstić information content (AvgIpc) is 3.53. The number of benzene rings is 1. The van der Waals surface area contributed by atoms with Gasteiger partial charge in [-0.3, -0.25) is 9.59 Å². The highest BCUT2D eigenvalue weighted by molar-refractivity contribution is 6.33. The lowest BCUT2D eigenvalue weighted by atomic mass is 9.90. The Bertz CT molecular complexity index is 1270. The summed E-state index contributed by atoms with van der Waals surface area (Å²) in [5.41, 5.74) is 2.65. The fourth-order valence-corrected chi connectivity index (χ4v) is 5.65. The van der Waals surface area contributed by atoms with Gasteiger partial charge in [-0.1, -0.05) is 36.4 Å². The minimum absolute atomic E-state index is 0.0421. The highest BCUT2D eigenvalue weighted by Crippen LogP contribution is 2.33. The number of aromatic nitrogens is 3. The van der Waals surface area contributed by atoms with Gasteiger partial charge in [-0.25, -0.2) is 9.97 Å². The smallest absolute Gasteiger partial charge is 0.243 e. The van der Waals surface area contributed by atoms with Crippen molar-refractivity contribution < 1.29 is 9.59 Å². The standard InChI is InChI=1S/C27H31ClN6O2/c1-2-24(35)31-19-11-10-16(12-19)26(36)32-17-6-5-7-18(13-17)33-27-30-15-22(28)25(34-27)21-14-29-23-9-4-3-8-20(21)23/h2-4,8-9,14-19,29H,1,5-7,10-13H2,(H,31,35)(H,32,36)(H,30,33,34)/t16-,17-,18+,19+/m0/s1. The van der Waals surface area contributed by atoms with Gasteiger partial charge in [0.1, 0.15) is 0 Å². The molecule has 2 heterocycles. The second-order valence-electron chi connectivity index (χ2n) is 9.77. The monoisotopic (exact) mass is 506 g/mol. The number of nitrogens with zero attached hydrogens (tertiary/aromatic N) is 2. The number of carbonyl (C=O) groups is 2. The molecular formula is C27H31ClN6O2. The Morgan fingerprint density at radius 1 is 1.06 bits per heavy atom. The first-order chi connectivity index (χ1) is 17.5. The van der Waals surface area contributed by atoms with Crippen LogP contribution in [0.4, 0.5) is 5.95 Å². The van der Waals surface area contributed by atoms with Crippen molar-refractivity contribution in [2.45, 2.75) is 63.1 Å². The summed E-state index contributed by atoms with van der Waals surface area (Å²) in [4.78, 5) is 36.9. The van der Waals surface area contributed by atoms with E-state index in [1.54, 1.807) is 6.20 Å². The maximum absolute atomic E-state index is 12.9. The normalized spacial score (nSPS) is 23.8. The van der Waals surface area contributed by atoms with E-state index >= 15 is 0 Å². The van der Waals surface area contributed by atoms with E-state index in [1.165, 1.54) is 6.08 Å². The average molecular weight is 507 g/mol. The topological polar surface area (TPSA) is 112 Å². The van der Waals surface area contributed by atoms with Crippen LogP contribution in [0.1, 0.15) is 44.9 Å². The molecule has 2 aliphatic rings. The van der Waals surface area contributed by atoms with Crippen molar-refractivity contribution in [3.63, 3.8) is 0 Å². The molecule has 2 amide bonds. The fourth-order valence-electron chi connectivity index (χ4n) is 5.46. The predicted molar refractivity (Wildman–Crippen MR) is 142 cm³/mol. The van der Waals surface area contributed by atoms with Crippen molar-refractivity contribution in [3.8, 4) is 11.3 Å². The molecule has 2 aromatic heterocycles. The van der Waals surface area contributed by atoms with Crippen LogP contribution >= 0.6 is 11.6 Å². The van der Waals surface area contributed by atoms with E-state index in [9.17, 15) is 9.59 Å². The lowest BCUT2D eigenvalue weighted by Crippen LogP contribution is -2.44. The van der Waals surface area contributed by atoms with E-state index in [0.29, 0.717) is 23.1 Å². The Hall–Kier alpha value is -3.39. The van der Waals surface area contributed by atoms with Crippen LogP contribution in [0.15, 0.2) is 49.3 Å². The van der Waals surface area contributed by atoms with Gasteiger partial charge in [0.15, 0.2) is 0 Å². The SMILES string of the molecule is C=CC(=O)N[C@@H]1CC[C@H](C(=O)N[C@H]2CCC[C@@H](Nc3ncc(Cl)c(-c4c[nH]c5ccccc45)n3)C2)C1. The summed E-state index contributed by atoms with van der Waals surface area (Å²) in [7, 11) is 0. The van der Waals surface area contributed by atoms with Crippen LogP contribution in [0, 0.1) is 5.92 Å². The fraction of sp³-hybridized carbons (Fsp3) is 0.407. The molecule has 0 spiro atoms. The van der Waals surface area contributed by atoms with E-state index in [1.807, 2.05) is 30.5 Å². The number of hydrogen-bond donors (Lipinski definition) is 4. The number of hydrogen-bond acceptors (Lipinski definition) is 5. The van der Waals surface area contributed by atoms with E-state index < -0.39 is 0 Å². The summed E-state index contributed by atoms with van der Waals surface area (Å²) in [5, 5.41) is 11.2. The summed E-state index contributed by atoms with van der Waals surface area (Å²) in [5.74, 6) is 0.375. The van der Waals surface area contributed by atoms with Gasteiger partial charge in [0.2, 0.25) is 17.8 Å². The predicted octanol–water partition coefficient (Wildman–Crippen LogP) is 4.59. The van der Waals surface area contributed by atoms with Crippen LogP contribution in [0.2, 0.25) is 5.02 Å². The highest BCUT2D eigenvalue weighted by atomic mass is 35.5. The number of fused-ring (bicyclic) bond motifs is 1. The summed E-state index contributed by atoms with van der Waals surface area (Å²) >= 11 is 6.48. The zero-order valence-corrected chi connectivity index (χ0v) is 20.9. The molecule has 3 aromatic rings. The van der Waals surface area contributed by atoms with Crippen LogP contribution in [0.5, 0.6) is 0 Å². The number of aromatic amines is 1. The molecule has 2 saturated carbocycles. The molecule has 188 valence electrons. The van der Waals surface area contributed by atoms with Crippen molar-refractivity contribution in [2.24, 2.45) is 5.92 Å². The van der Waals surface area contributed by atoms with Crippen molar-refractivity contribution in [1.29, 1.82) is 0 Å². The Kier molecular flexibility index (Phi) is 7.23. The van der Waals surface area contributed by atoms with Gasteiger partial charge in [0, 0.05) is 46.7 Å². The van der Waals surface area contributed by atoms with Crippen LogP contribution in [0.3, 0.4) is 0 Å². The molecule has 8 nitrogen and oxygen atoms in total. The molecule has 36 heavy (non-hydrogen) atoms. The third-order valence-corrected chi connectivity index (χ3v) is 7.55. The summed E-state index contributed by atoms with van der Waals surface area (Å²) in [6.07, 6.45) is 10.9. The second-order valence-corrected chi connectivity index (χ2v) is 10.2. The second kappa shape index (κ2) is 10.7. The zero-order valence-electron chi connectivity index (χ0n) is 20.1. The van der Waals surface area contributed by atoms with Gasteiger partial charge >= 0.3 is 0 Å². The maximum atomic E-state index is 12.9. The molecule has 5 rings (SSSR count). The number of carbonyl (C=O) groups excluding carboxylic acids is 2. The lowest BCUT2D eigenvalue weighted by Gasteiger charge is -2.31. The highest BCUT2D eigenvalue weighted by Gasteiger charge is 2.32. The Balaban J connectivity index is 1.20. The van der Waals surface area contributed by atoms with Gasteiger partial charge < -0.3 is 20.9 Å². The number of anilines is 1. The molecule has 0 unspecified atom stereocenters. The largest absolute Gasteiger partial charge is 0.360 e. The number of amides is 2. The minimum Gasteiger partial charge on any atom is -0.360 e. The third kappa shape index (κ3) is 5.38. The summed E-state index contributed by atoms with van der Waals surface area (Å²) in [6.45, 7) is 3.49. The van der Waals surface area contributed by atoms with Gasteiger partial charge in [0.05, 0.1) is 16.9 Å². The minimum atomic E-state index is -0.181. The van der Waals surface area contributed by atoms with Gasteiger partial charge in [-0.05, 0) is 57.1 Å². The van der Waals surface area contributed by atoms with Crippen molar-refractivity contribution in [2.75, 3.05) is 5.32 Å². The van der Waals surface area contributed by atoms with Crippen LogP contribution < -0.4 is 16.0 Å². The molecule has 0 saturated heterocycles. The number of H-pyrrole nitrogens is 1. The third-order valence-electron chi connectivity index (χ3n) is 7.28. The first kappa shape index (κ1) is 24.3. The number of halogens is 1. The molecular weight excluding hydrogens is 476 g/mol. The zero-order chi connectivity index (χ0) is 25.1. The van der Waals surface area contributed by atoms with E-state index in [0.717, 1.165) is 55.0 Å².